The van der Waals surface area contributed by atoms with E-state index in [0.29, 0.717) is 35.9 Å². The van der Waals surface area contributed by atoms with Gasteiger partial charge in [0.1, 0.15) is 11.5 Å². The summed E-state index contributed by atoms with van der Waals surface area (Å²) in [6.45, 7) is 3.23. The van der Waals surface area contributed by atoms with Gasteiger partial charge in [0, 0.05) is 17.7 Å². The number of hydrogen-bond acceptors (Lipinski definition) is 5. The number of hydrogen-bond donors (Lipinski definition) is 1. The molecule has 1 N–H and O–H groups in total. The molecule has 7 nitrogen and oxygen atoms in total. The number of halogens is 2. The number of imidazole rings is 1. The summed E-state index contributed by atoms with van der Waals surface area (Å²) >= 11 is 0. The molecule has 1 aliphatic rings. The van der Waals surface area contributed by atoms with E-state index in [2.05, 4.69) is 22.2 Å². The van der Waals surface area contributed by atoms with Crippen molar-refractivity contribution >= 4 is 11.6 Å². The molecule has 2 atom stereocenters. The van der Waals surface area contributed by atoms with Gasteiger partial charge in [-0.25, -0.2) is 13.8 Å². The second-order valence-electron chi connectivity index (χ2n) is 7.91. The van der Waals surface area contributed by atoms with Crippen LogP contribution in [0, 0.1) is 17.6 Å². The summed E-state index contributed by atoms with van der Waals surface area (Å²) < 4.78 is 40.9. The maximum atomic E-state index is 13.9. The molecule has 1 aliphatic heterocycles. The van der Waals surface area contributed by atoms with Crippen LogP contribution in [0.3, 0.4) is 0 Å². The van der Waals surface area contributed by atoms with Crippen LogP contribution in [0.15, 0.2) is 65.6 Å². The Hall–Kier alpha value is -3.85. The Bertz CT molecular complexity index is 1300. The molecule has 168 valence electrons. The summed E-state index contributed by atoms with van der Waals surface area (Å²) in [5.41, 5.74) is 1.95. The molecule has 0 saturated carbocycles. The molecule has 33 heavy (non-hydrogen) atoms. The molecule has 1 amide bonds. The van der Waals surface area contributed by atoms with Crippen molar-refractivity contribution in [1.29, 1.82) is 0 Å². The normalized spacial score (nSPS) is 17.9. The average Bonchev–Trinajstić information content (AvgIpc) is 3.54. The van der Waals surface area contributed by atoms with Crippen LogP contribution < -0.4 is 5.32 Å². The molecule has 1 saturated heterocycles. The Labute approximate surface area is 188 Å². The highest BCUT2D eigenvalue weighted by molar-refractivity contribution is 6.02. The van der Waals surface area contributed by atoms with Crippen LogP contribution in [-0.2, 0) is 4.74 Å². The van der Waals surface area contributed by atoms with Crippen LogP contribution in [-0.4, -0.2) is 33.7 Å². The van der Waals surface area contributed by atoms with Crippen molar-refractivity contribution in [2.24, 2.45) is 5.92 Å². The van der Waals surface area contributed by atoms with E-state index in [1.54, 1.807) is 24.5 Å². The lowest BCUT2D eigenvalue weighted by Gasteiger charge is -2.18. The zero-order valence-electron chi connectivity index (χ0n) is 17.7. The van der Waals surface area contributed by atoms with Crippen molar-refractivity contribution in [3.05, 3.63) is 78.6 Å². The predicted octanol–water partition coefficient (Wildman–Crippen LogP) is 4.94. The first-order valence-corrected chi connectivity index (χ1v) is 10.4. The highest BCUT2D eigenvalue weighted by Crippen LogP contribution is 2.37. The van der Waals surface area contributed by atoms with Gasteiger partial charge in [0.05, 0.1) is 43.2 Å². The van der Waals surface area contributed by atoms with Crippen LogP contribution in [0.25, 0.3) is 22.7 Å². The lowest BCUT2D eigenvalue weighted by Crippen LogP contribution is -2.15. The number of nitrogens with one attached hydrogen (secondary N) is 1. The third-order valence-corrected chi connectivity index (χ3v) is 5.68. The molecule has 4 heterocycles. The van der Waals surface area contributed by atoms with Crippen LogP contribution in [0.4, 0.5) is 14.5 Å². The first-order valence-electron chi connectivity index (χ1n) is 10.4. The summed E-state index contributed by atoms with van der Waals surface area (Å²) in [4.78, 5) is 20.9. The summed E-state index contributed by atoms with van der Waals surface area (Å²) in [5.74, 6) is -0.937. The summed E-state index contributed by atoms with van der Waals surface area (Å²) in [7, 11) is 0. The summed E-state index contributed by atoms with van der Waals surface area (Å²) in [5, 5.41) is 2.48. The van der Waals surface area contributed by atoms with Gasteiger partial charge in [-0.2, -0.15) is 0 Å². The van der Waals surface area contributed by atoms with Crippen molar-refractivity contribution in [3.8, 4) is 22.7 Å². The van der Waals surface area contributed by atoms with E-state index in [4.69, 9.17) is 9.15 Å². The van der Waals surface area contributed by atoms with Crippen molar-refractivity contribution in [2.45, 2.75) is 13.0 Å². The summed E-state index contributed by atoms with van der Waals surface area (Å²) in [6, 6.07) is 10.6. The van der Waals surface area contributed by atoms with Crippen LogP contribution in [0.5, 0.6) is 0 Å². The monoisotopic (exact) mass is 450 g/mol. The molecule has 0 aliphatic carbocycles. The zero-order chi connectivity index (χ0) is 22.9. The van der Waals surface area contributed by atoms with Gasteiger partial charge in [-0.15, -0.1) is 0 Å². The largest absolute Gasteiger partial charge is 0.449 e. The zero-order valence-corrected chi connectivity index (χ0v) is 17.7. The number of ether oxygens (including phenoxy) is 1. The maximum Gasteiger partial charge on any atom is 0.291 e. The van der Waals surface area contributed by atoms with Gasteiger partial charge in [0.2, 0.25) is 0 Å². The Morgan fingerprint density at radius 2 is 1.94 bits per heavy atom. The molecule has 0 spiro atoms. The number of amides is 1. The van der Waals surface area contributed by atoms with Gasteiger partial charge in [-0.05, 0) is 42.5 Å². The van der Waals surface area contributed by atoms with Gasteiger partial charge in [0.15, 0.2) is 17.3 Å². The van der Waals surface area contributed by atoms with Gasteiger partial charge < -0.3 is 19.0 Å². The molecule has 5 rings (SSSR count). The second-order valence-corrected chi connectivity index (χ2v) is 7.91. The number of anilines is 1. The maximum absolute atomic E-state index is 13.9. The number of carbonyl (C=O) groups excluding carboxylic acids is 1. The van der Waals surface area contributed by atoms with Gasteiger partial charge in [0.25, 0.3) is 5.91 Å². The predicted molar refractivity (Wildman–Crippen MR) is 116 cm³/mol. The van der Waals surface area contributed by atoms with E-state index >= 15 is 0 Å². The van der Waals surface area contributed by atoms with Gasteiger partial charge in [-0.1, -0.05) is 6.92 Å². The fourth-order valence-electron chi connectivity index (χ4n) is 3.93. The molecule has 0 bridgehead atoms. The summed E-state index contributed by atoms with van der Waals surface area (Å²) in [6.07, 6.45) is 4.10. The number of nitrogens with zero attached hydrogens (tertiary/aromatic N) is 3. The van der Waals surface area contributed by atoms with Crippen molar-refractivity contribution < 1.29 is 22.7 Å². The molecule has 4 aromatic rings. The number of carbonyl (C=O) groups is 1. The van der Waals surface area contributed by atoms with E-state index in [9.17, 15) is 13.6 Å². The Morgan fingerprint density at radius 1 is 1.12 bits per heavy atom. The Morgan fingerprint density at radius 3 is 2.67 bits per heavy atom. The Kier molecular flexibility index (Phi) is 5.47. The smallest absolute Gasteiger partial charge is 0.291 e. The van der Waals surface area contributed by atoms with E-state index in [-0.39, 0.29) is 29.2 Å². The molecule has 3 aromatic heterocycles. The van der Waals surface area contributed by atoms with E-state index < -0.39 is 11.7 Å². The molecular formula is C24H20F2N4O3. The molecule has 2 unspecified atom stereocenters. The first-order chi connectivity index (χ1) is 16.0. The molecular weight excluding hydrogens is 430 g/mol. The Balaban J connectivity index is 1.53. The van der Waals surface area contributed by atoms with Crippen LogP contribution >= 0.6 is 0 Å². The minimum absolute atomic E-state index is 0.00178. The number of furan rings is 1. The number of benzene rings is 1. The third-order valence-electron chi connectivity index (χ3n) is 5.68. The van der Waals surface area contributed by atoms with Crippen molar-refractivity contribution in [3.63, 3.8) is 0 Å². The second kappa shape index (κ2) is 8.59. The topological polar surface area (TPSA) is 82.2 Å². The molecule has 1 aromatic carbocycles. The first kappa shape index (κ1) is 21.0. The van der Waals surface area contributed by atoms with Gasteiger partial charge >= 0.3 is 0 Å². The standard InChI is InChI=1S/C24H20F2N4O3/c1-14-11-32-12-19(14)30-13-28-22(15-2-4-16(25)5-3-15)23(30)20-6-7-21(33-20)24(31)29-18-8-9-27-10-17(18)26/h2-10,13-14,19H,11-12H2,1H3,(H,27,29,31). The van der Waals surface area contributed by atoms with Crippen LogP contribution in [0.1, 0.15) is 23.5 Å². The van der Waals surface area contributed by atoms with Crippen molar-refractivity contribution in [2.75, 3.05) is 18.5 Å². The van der Waals surface area contributed by atoms with E-state index in [1.165, 1.54) is 30.5 Å². The molecule has 9 heteroatoms. The minimum atomic E-state index is -0.649. The van der Waals surface area contributed by atoms with E-state index in [0.717, 1.165) is 6.20 Å². The number of pyridine rings is 1. The SMILES string of the molecule is CC1COCC1n1cnc(-c2ccc(F)cc2)c1-c1ccc(C(=O)Nc2ccncc2F)o1. The number of rotatable bonds is 5. The highest BCUT2D eigenvalue weighted by atomic mass is 19.1. The fraction of sp³-hybridized carbons (Fsp3) is 0.208. The van der Waals surface area contributed by atoms with E-state index in [1.807, 2.05) is 4.57 Å². The number of aromatic nitrogens is 3. The molecule has 0 radical (unpaired) electrons. The minimum Gasteiger partial charge on any atom is -0.449 e. The van der Waals surface area contributed by atoms with Gasteiger partial charge in [-0.3, -0.25) is 9.78 Å². The third kappa shape index (κ3) is 4.03. The lowest BCUT2D eigenvalue weighted by atomic mass is 10.0. The molecule has 1 fully saturated rings. The lowest BCUT2D eigenvalue weighted by molar-refractivity contribution is 0.0997. The highest BCUT2D eigenvalue weighted by Gasteiger charge is 2.30. The fourth-order valence-corrected chi connectivity index (χ4v) is 3.93. The van der Waals surface area contributed by atoms with Crippen molar-refractivity contribution in [1.82, 2.24) is 14.5 Å². The van der Waals surface area contributed by atoms with Crippen LogP contribution in [0.2, 0.25) is 0 Å². The average molecular weight is 450 g/mol. The quantitative estimate of drug-likeness (QED) is 0.466.